The predicted octanol–water partition coefficient (Wildman–Crippen LogP) is 3.79. The molecule has 0 aliphatic carbocycles. The SMILES string of the molecule is CC(C)c1cc(NC(=O)c2cccc(CCl)c2)on1. The molecule has 5 heteroatoms. The molecule has 19 heavy (non-hydrogen) atoms. The Morgan fingerprint density at radius 2 is 2.21 bits per heavy atom. The summed E-state index contributed by atoms with van der Waals surface area (Å²) in [6, 6.07) is 8.88. The van der Waals surface area contributed by atoms with Crippen LogP contribution in [0.1, 0.15) is 41.4 Å². The van der Waals surface area contributed by atoms with Gasteiger partial charge in [0.2, 0.25) is 5.88 Å². The first kappa shape index (κ1) is 13.6. The van der Waals surface area contributed by atoms with Gasteiger partial charge >= 0.3 is 0 Å². The minimum Gasteiger partial charge on any atom is -0.338 e. The number of carbonyl (C=O) groups is 1. The summed E-state index contributed by atoms with van der Waals surface area (Å²) in [5, 5.41) is 6.56. The second-order valence-electron chi connectivity index (χ2n) is 4.56. The largest absolute Gasteiger partial charge is 0.338 e. The Balaban J connectivity index is 2.11. The molecule has 0 aliphatic heterocycles. The third kappa shape index (κ3) is 3.35. The van der Waals surface area contributed by atoms with E-state index in [-0.39, 0.29) is 11.8 Å². The zero-order valence-electron chi connectivity index (χ0n) is 10.8. The van der Waals surface area contributed by atoms with Crippen LogP contribution in [-0.4, -0.2) is 11.1 Å². The summed E-state index contributed by atoms with van der Waals surface area (Å²) in [6.45, 7) is 4.01. The number of alkyl halides is 1. The van der Waals surface area contributed by atoms with E-state index in [0.29, 0.717) is 17.3 Å². The topological polar surface area (TPSA) is 55.1 Å². The number of hydrogen-bond donors (Lipinski definition) is 1. The molecule has 0 saturated heterocycles. The zero-order chi connectivity index (χ0) is 13.8. The maximum atomic E-state index is 12.0. The normalized spacial score (nSPS) is 10.7. The highest BCUT2D eigenvalue weighted by Crippen LogP contribution is 2.18. The molecule has 4 nitrogen and oxygen atoms in total. The van der Waals surface area contributed by atoms with Crippen molar-refractivity contribution in [3.05, 3.63) is 47.2 Å². The molecule has 2 aromatic rings. The molecule has 0 spiro atoms. The lowest BCUT2D eigenvalue weighted by atomic mass is 10.1. The first-order chi connectivity index (χ1) is 9.10. The van der Waals surface area contributed by atoms with Gasteiger partial charge in [-0.05, 0) is 23.6 Å². The average molecular weight is 279 g/mol. The Kier molecular flexibility index (Phi) is 4.22. The maximum absolute atomic E-state index is 12.0. The van der Waals surface area contributed by atoms with Crippen molar-refractivity contribution in [1.29, 1.82) is 0 Å². The van der Waals surface area contributed by atoms with E-state index in [0.717, 1.165) is 11.3 Å². The standard InChI is InChI=1S/C14H15ClN2O2/c1-9(2)12-7-13(19-17-12)16-14(18)11-5-3-4-10(6-11)8-15/h3-7,9H,8H2,1-2H3,(H,16,18). The molecule has 0 bridgehead atoms. The fourth-order valence-corrected chi connectivity index (χ4v) is 1.77. The summed E-state index contributed by atoms with van der Waals surface area (Å²) in [5.74, 6) is 0.748. The minimum atomic E-state index is -0.238. The van der Waals surface area contributed by atoms with Crippen molar-refractivity contribution in [2.24, 2.45) is 0 Å². The monoisotopic (exact) mass is 278 g/mol. The molecule has 0 unspecified atom stereocenters. The van der Waals surface area contributed by atoms with Gasteiger partial charge in [-0.2, -0.15) is 0 Å². The molecule has 2 rings (SSSR count). The molecule has 0 aliphatic rings. The molecule has 1 aromatic heterocycles. The molecular formula is C14H15ClN2O2. The number of anilines is 1. The molecule has 1 heterocycles. The first-order valence-corrected chi connectivity index (χ1v) is 6.56. The van der Waals surface area contributed by atoms with Crippen LogP contribution in [0.15, 0.2) is 34.9 Å². The van der Waals surface area contributed by atoms with Crippen molar-refractivity contribution in [3.8, 4) is 0 Å². The van der Waals surface area contributed by atoms with Gasteiger partial charge in [-0.3, -0.25) is 10.1 Å². The van der Waals surface area contributed by atoms with Crippen molar-refractivity contribution in [2.75, 3.05) is 5.32 Å². The second kappa shape index (κ2) is 5.89. The molecule has 0 atom stereocenters. The van der Waals surface area contributed by atoms with Crippen LogP contribution in [0, 0.1) is 0 Å². The van der Waals surface area contributed by atoms with Crippen LogP contribution in [0.5, 0.6) is 0 Å². The fourth-order valence-electron chi connectivity index (χ4n) is 1.60. The van der Waals surface area contributed by atoms with Gasteiger partial charge in [0, 0.05) is 17.5 Å². The molecule has 1 aromatic carbocycles. The van der Waals surface area contributed by atoms with E-state index >= 15 is 0 Å². The third-order valence-corrected chi connectivity index (χ3v) is 3.01. The van der Waals surface area contributed by atoms with Gasteiger partial charge in [-0.25, -0.2) is 0 Å². The van der Waals surface area contributed by atoms with Crippen LogP contribution in [0.4, 0.5) is 5.88 Å². The van der Waals surface area contributed by atoms with Crippen LogP contribution in [0.2, 0.25) is 0 Å². The number of carbonyl (C=O) groups excluding carboxylic acids is 1. The zero-order valence-corrected chi connectivity index (χ0v) is 11.6. The van der Waals surface area contributed by atoms with E-state index in [4.69, 9.17) is 16.1 Å². The summed E-state index contributed by atoms with van der Waals surface area (Å²) in [4.78, 5) is 12.0. The Labute approximate surface area is 116 Å². The van der Waals surface area contributed by atoms with Gasteiger partial charge in [-0.15, -0.1) is 11.6 Å². The number of nitrogens with zero attached hydrogens (tertiary/aromatic N) is 1. The van der Waals surface area contributed by atoms with Crippen molar-refractivity contribution < 1.29 is 9.32 Å². The van der Waals surface area contributed by atoms with Gasteiger partial charge in [-0.1, -0.05) is 31.1 Å². The molecule has 0 fully saturated rings. The van der Waals surface area contributed by atoms with Gasteiger partial charge in [0.05, 0.1) is 5.69 Å². The fraction of sp³-hybridized carbons (Fsp3) is 0.286. The lowest BCUT2D eigenvalue weighted by Gasteiger charge is -2.02. The lowest BCUT2D eigenvalue weighted by molar-refractivity contribution is 0.102. The Morgan fingerprint density at radius 1 is 1.42 bits per heavy atom. The van der Waals surface area contributed by atoms with Gasteiger partial charge in [0.1, 0.15) is 0 Å². The molecule has 0 saturated carbocycles. The quantitative estimate of drug-likeness (QED) is 0.866. The van der Waals surface area contributed by atoms with Crippen molar-refractivity contribution in [1.82, 2.24) is 5.16 Å². The highest BCUT2D eigenvalue weighted by Gasteiger charge is 2.12. The Bertz CT molecular complexity index is 578. The van der Waals surface area contributed by atoms with Crippen molar-refractivity contribution >= 4 is 23.4 Å². The number of aromatic nitrogens is 1. The highest BCUT2D eigenvalue weighted by molar-refractivity contribution is 6.17. The summed E-state index contributed by atoms with van der Waals surface area (Å²) >= 11 is 5.74. The van der Waals surface area contributed by atoms with Gasteiger partial charge in [0.15, 0.2) is 0 Å². The average Bonchev–Trinajstić information content (AvgIpc) is 2.87. The van der Waals surface area contributed by atoms with E-state index in [1.807, 2.05) is 19.9 Å². The maximum Gasteiger partial charge on any atom is 0.258 e. The summed E-state index contributed by atoms with van der Waals surface area (Å²) in [7, 11) is 0. The lowest BCUT2D eigenvalue weighted by Crippen LogP contribution is -2.11. The number of amides is 1. The number of hydrogen-bond acceptors (Lipinski definition) is 3. The van der Waals surface area contributed by atoms with Gasteiger partial charge < -0.3 is 4.52 Å². The van der Waals surface area contributed by atoms with Crippen LogP contribution in [0.25, 0.3) is 0 Å². The summed E-state index contributed by atoms with van der Waals surface area (Å²) in [5.41, 5.74) is 2.25. The number of rotatable bonds is 4. The molecule has 1 amide bonds. The third-order valence-electron chi connectivity index (χ3n) is 2.70. The highest BCUT2D eigenvalue weighted by atomic mass is 35.5. The van der Waals surface area contributed by atoms with Crippen LogP contribution >= 0.6 is 11.6 Å². The Hall–Kier alpha value is -1.81. The second-order valence-corrected chi connectivity index (χ2v) is 4.83. The van der Waals surface area contributed by atoms with E-state index < -0.39 is 0 Å². The van der Waals surface area contributed by atoms with Crippen LogP contribution in [-0.2, 0) is 5.88 Å². The molecule has 100 valence electrons. The summed E-state index contributed by atoms with van der Waals surface area (Å²) < 4.78 is 5.07. The Morgan fingerprint density at radius 3 is 2.84 bits per heavy atom. The van der Waals surface area contributed by atoms with Crippen LogP contribution < -0.4 is 5.32 Å². The van der Waals surface area contributed by atoms with Crippen molar-refractivity contribution in [2.45, 2.75) is 25.6 Å². The predicted molar refractivity (Wildman–Crippen MR) is 74.5 cm³/mol. The van der Waals surface area contributed by atoms with Crippen LogP contribution in [0.3, 0.4) is 0 Å². The summed E-state index contributed by atoms with van der Waals surface area (Å²) in [6.07, 6.45) is 0. The van der Waals surface area contributed by atoms with E-state index in [1.54, 1.807) is 24.3 Å². The van der Waals surface area contributed by atoms with E-state index in [9.17, 15) is 4.79 Å². The molecular weight excluding hydrogens is 264 g/mol. The van der Waals surface area contributed by atoms with Crippen molar-refractivity contribution in [3.63, 3.8) is 0 Å². The first-order valence-electron chi connectivity index (χ1n) is 6.03. The smallest absolute Gasteiger partial charge is 0.258 e. The molecule has 0 radical (unpaired) electrons. The number of nitrogens with one attached hydrogen (secondary N) is 1. The van der Waals surface area contributed by atoms with E-state index in [1.165, 1.54) is 0 Å². The molecule has 1 N–H and O–H groups in total. The minimum absolute atomic E-state index is 0.238. The number of benzene rings is 1. The van der Waals surface area contributed by atoms with Gasteiger partial charge in [0.25, 0.3) is 5.91 Å². The number of halogens is 1. The van der Waals surface area contributed by atoms with E-state index in [2.05, 4.69) is 10.5 Å².